The molecule has 4 nitrogen and oxygen atoms in total. The van der Waals surface area contributed by atoms with Crippen LogP contribution in [0, 0.1) is 5.41 Å². The maximum absolute atomic E-state index is 11.8. The van der Waals surface area contributed by atoms with Gasteiger partial charge in [0.05, 0.1) is 6.04 Å². The molecule has 0 saturated carbocycles. The number of nitrogens with zero attached hydrogens (tertiary/aromatic N) is 1. The van der Waals surface area contributed by atoms with E-state index in [0.717, 1.165) is 0 Å². The fourth-order valence-corrected chi connectivity index (χ4v) is 0.965. The summed E-state index contributed by atoms with van der Waals surface area (Å²) >= 11 is 0. The summed E-state index contributed by atoms with van der Waals surface area (Å²) < 4.78 is 0. The van der Waals surface area contributed by atoms with Crippen LogP contribution in [0.4, 0.5) is 0 Å². The molecule has 0 aromatic carbocycles. The van der Waals surface area contributed by atoms with Crippen molar-refractivity contribution >= 4 is 5.91 Å². The number of nitrogens with two attached hydrogens (primary N) is 1. The number of amides is 1. The molecule has 0 aromatic rings. The lowest BCUT2D eigenvalue weighted by Gasteiger charge is -2.34. The lowest BCUT2D eigenvalue weighted by molar-refractivity contribution is -0.125. The highest BCUT2D eigenvalue weighted by Crippen LogP contribution is 2.17. The number of nitrogens with one attached hydrogen (secondary N) is 1. The van der Waals surface area contributed by atoms with Crippen molar-refractivity contribution in [3.8, 4) is 0 Å². The lowest BCUT2D eigenvalue weighted by Crippen LogP contribution is -2.54. The highest BCUT2D eigenvalue weighted by atomic mass is 16.2. The average molecular weight is 229 g/mol. The van der Waals surface area contributed by atoms with Crippen molar-refractivity contribution in [2.24, 2.45) is 11.1 Å². The molecule has 0 fully saturated rings. The molecule has 0 bridgehead atoms. The van der Waals surface area contributed by atoms with Crippen LogP contribution in [0.1, 0.15) is 34.6 Å². The SMILES string of the molecule is CN(C)C(C)(C)CNC(=O)C(N)C(C)(C)C. The Morgan fingerprint density at radius 3 is 2.00 bits per heavy atom. The molecule has 3 N–H and O–H groups in total. The number of carbonyl (C=O) groups excluding carboxylic acids is 1. The van der Waals surface area contributed by atoms with Gasteiger partial charge in [-0.1, -0.05) is 20.8 Å². The first-order chi connectivity index (χ1) is 6.98. The average Bonchev–Trinajstić information content (AvgIpc) is 2.11. The standard InChI is InChI=1S/C12H27N3O/c1-11(2,3)9(13)10(16)14-8-12(4,5)15(6)7/h9H,8,13H2,1-7H3,(H,14,16). The molecule has 16 heavy (non-hydrogen) atoms. The van der Waals surface area contributed by atoms with Crippen LogP contribution in [0.3, 0.4) is 0 Å². The molecule has 0 heterocycles. The van der Waals surface area contributed by atoms with Crippen molar-refractivity contribution in [2.45, 2.75) is 46.2 Å². The summed E-state index contributed by atoms with van der Waals surface area (Å²) in [4.78, 5) is 13.9. The third-order valence-electron chi connectivity index (χ3n) is 3.12. The Hall–Kier alpha value is -0.610. The molecular formula is C12H27N3O. The molecule has 0 aliphatic rings. The second-order valence-corrected chi connectivity index (χ2v) is 6.27. The van der Waals surface area contributed by atoms with Gasteiger partial charge >= 0.3 is 0 Å². The van der Waals surface area contributed by atoms with Crippen LogP contribution in [-0.2, 0) is 4.79 Å². The van der Waals surface area contributed by atoms with Crippen LogP contribution in [0.25, 0.3) is 0 Å². The normalized spacial score (nSPS) is 15.1. The van der Waals surface area contributed by atoms with Crippen LogP contribution in [-0.4, -0.2) is 43.0 Å². The second kappa shape index (κ2) is 5.15. The summed E-state index contributed by atoms with van der Waals surface area (Å²) in [6.45, 7) is 10.7. The van der Waals surface area contributed by atoms with Gasteiger partial charge in [-0.15, -0.1) is 0 Å². The minimum atomic E-state index is -0.467. The van der Waals surface area contributed by atoms with E-state index in [1.54, 1.807) is 0 Å². The Labute approximate surface area is 99.6 Å². The van der Waals surface area contributed by atoms with Gasteiger partial charge in [0.2, 0.25) is 5.91 Å². The van der Waals surface area contributed by atoms with Gasteiger partial charge in [0.15, 0.2) is 0 Å². The zero-order valence-corrected chi connectivity index (χ0v) is 11.7. The number of rotatable bonds is 4. The predicted molar refractivity (Wildman–Crippen MR) is 68.2 cm³/mol. The van der Waals surface area contributed by atoms with Gasteiger partial charge in [0.1, 0.15) is 0 Å². The van der Waals surface area contributed by atoms with Gasteiger partial charge in [0, 0.05) is 12.1 Å². The van der Waals surface area contributed by atoms with Crippen LogP contribution in [0.2, 0.25) is 0 Å². The highest BCUT2D eigenvalue weighted by Gasteiger charge is 2.29. The van der Waals surface area contributed by atoms with Crippen molar-refractivity contribution in [1.29, 1.82) is 0 Å². The molecule has 1 atom stereocenters. The summed E-state index contributed by atoms with van der Waals surface area (Å²) in [5, 5.41) is 2.90. The first-order valence-electron chi connectivity index (χ1n) is 5.69. The topological polar surface area (TPSA) is 58.4 Å². The smallest absolute Gasteiger partial charge is 0.237 e. The third kappa shape index (κ3) is 4.49. The fraction of sp³-hybridized carbons (Fsp3) is 0.917. The summed E-state index contributed by atoms with van der Waals surface area (Å²) in [6, 6.07) is -0.467. The molecule has 4 heteroatoms. The minimum absolute atomic E-state index is 0.0622. The molecule has 0 radical (unpaired) electrons. The van der Waals surface area contributed by atoms with E-state index in [1.165, 1.54) is 0 Å². The van der Waals surface area contributed by atoms with E-state index in [-0.39, 0.29) is 16.9 Å². The molecule has 0 aliphatic heterocycles. The molecule has 1 amide bonds. The number of likely N-dealkylation sites (N-methyl/N-ethyl adjacent to an activating group) is 1. The Morgan fingerprint density at radius 1 is 1.25 bits per heavy atom. The maximum Gasteiger partial charge on any atom is 0.237 e. The monoisotopic (exact) mass is 229 g/mol. The van der Waals surface area contributed by atoms with Gasteiger partial charge in [-0.2, -0.15) is 0 Å². The quantitative estimate of drug-likeness (QED) is 0.750. The Bertz CT molecular complexity index is 241. The van der Waals surface area contributed by atoms with Crippen LogP contribution in [0.15, 0.2) is 0 Å². The Morgan fingerprint density at radius 2 is 1.69 bits per heavy atom. The van der Waals surface area contributed by atoms with E-state index in [2.05, 4.69) is 24.1 Å². The number of hydrogen-bond donors (Lipinski definition) is 2. The van der Waals surface area contributed by atoms with E-state index in [0.29, 0.717) is 6.54 Å². The van der Waals surface area contributed by atoms with Gasteiger partial charge in [-0.25, -0.2) is 0 Å². The second-order valence-electron chi connectivity index (χ2n) is 6.27. The fourth-order valence-electron chi connectivity index (χ4n) is 0.965. The molecule has 1 unspecified atom stereocenters. The van der Waals surface area contributed by atoms with Crippen molar-refractivity contribution < 1.29 is 4.79 Å². The van der Waals surface area contributed by atoms with E-state index in [9.17, 15) is 4.79 Å². The first-order valence-corrected chi connectivity index (χ1v) is 5.69. The van der Waals surface area contributed by atoms with Crippen molar-refractivity contribution in [3.63, 3.8) is 0 Å². The molecule has 0 rings (SSSR count). The summed E-state index contributed by atoms with van der Waals surface area (Å²) in [5.41, 5.74) is 5.61. The largest absolute Gasteiger partial charge is 0.353 e. The number of hydrogen-bond acceptors (Lipinski definition) is 3. The minimum Gasteiger partial charge on any atom is -0.353 e. The van der Waals surface area contributed by atoms with E-state index < -0.39 is 6.04 Å². The first kappa shape index (κ1) is 15.4. The van der Waals surface area contributed by atoms with Gasteiger partial charge in [-0.05, 0) is 33.4 Å². The zero-order chi connectivity index (χ0) is 13.1. The van der Waals surface area contributed by atoms with E-state index >= 15 is 0 Å². The van der Waals surface area contributed by atoms with Crippen molar-refractivity contribution in [3.05, 3.63) is 0 Å². The van der Waals surface area contributed by atoms with Gasteiger partial charge < -0.3 is 16.0 Å². The molecular weight excluding hydrogens is 202 g/mol. The molecule has 0 aromatic heterocycles. The van der Waals surface area contributed by atoms with Crippen LogP contribution >= 0.6 is 0 Å². The predicted octanol–water partition coefficient (Wildman–Crippen LogP) is 0.816. The summed E-state index contributed by atoms with van der Waals surface area (Å²) in [6.07, 6.45) is 0. The summed E-state index contributed by atoms with van der Waals surface area (Å²) in [7, 11) is 3.99. The zero-order valence-electron chi connectivity index (χ0n) is 11.7. The summed E-state index contributed by atoms with van der Waals surface area (Å²) in [5.74, 6) is -0.0811. The number of carbonyl (C=O) groups is 1. The van der Waals surface area contributed by atoms with E-state index in [4.69, 9.17) is 5.73 Å². The van der Waals surface area contributed by atoms with Gasteiger partial charge in [0.25, 0.3) is 0 Å². The molecule has 96 valence electrons. The molecule has 0 spiro atoms. The highest BCUT2D eigenvalue weighted by molar-refractivity contribution is 5.82. The van der Waals surface area contributed by atoms with Crippen LogP contribution in [0.5, 0.6) is 0 Å². The molecule has 0 saturated heterocycles. The van der Waals surface area contributed by atoms with E-state index in [1.807, 2.05) is 34.9 Å². The third-order valence-corrected chi connectivity index (χ3v) is 3.12. The van der Waals surface area contributed by atoms with Gasteiger partial charge in [-0.3, -0.25) is 4.79 Å². The lowest BCUT2D eigenvalue weighted by atomic mass is 9.87. The Balaban J connectivity index is 4.29. The van der Waals surface area contributed by atoms with Crippen molar-refractivity contribution in [2.75, 3.05) is 20.6 Å². The van der Waals surface area contributed by atoms with Crippen LogP contribution < -0.4 is 11.1 Å². The maximum atomic E-state index is 11.8. The van der Waals surface area contributed by atoms with Crippen molar-refractivity contribution in [1.82, 2.24) is 10.2 Å². The Kier molecular flexibility index (Phi) is 4.95. The molecule has 0 aliphatic carbocycles.